The molecule has 0 amide bonds. The van der Waals surface area contributed by atoms with E-state index in [1.54, 1.807) is 6.07 Å². The van der Waals surface area contributed by atoms with Crippen LogP contribution in [0.2, 0.25) is 5.15 Å². The van der Waals surface area contributed by atoms with E-state index in [4.69, 9.17) is 21.1 Å². The van der Waals surface area contributed by atoms with Crippen LogP contribution in [0.4, 0.5) is 19.0 Å². The van der Waals surface area contributed by atoms with E-state index in [2.05, 4.69) is 15.3 Å². The third-order valence-corrected chi connectivity index (χ3v) is 4.52. The van der Waals surface area contributed by atoms with Gasteiger partial charge in [0.25, 0.3) is 0 Å². The van der Waals surface area contributed by atoms with E-state index in [1.807, 2.05) is 0 Å². The van der Waals surface area contributed by atoms with Gasteiger partial charge in [-0.2, -0.15) is 23.1 Å². The highest BCUT2D eigenvalue weighted by atomic mass is 35.5. The van der Waals surface area contributed by atoms with Gasteiger partial charge in [0.2, 0.25) is 0 Å². The average molecular weight is 402 g/mol. The maximum Gasteiger partial charge on any atom is 0.416 e. The third-order valence-electron chi connectivity index (χ3n) is 4.33. The summed E-state index contributed by atoms with van der Waals surface area (Å²) in [6, 6.07) is 6.90. The fraction of sp³-hybridized carbons (Fsp3) is 0.444. The van der Waals surface area contributed by atoms with Crippen LogP contribution in [-0.4, -0.2) is 29.7 Å². The lowest BCUT2D eigenvalue weighted by Crippen LogP contribution is -2.29. The van der Waals surface area contributed by atoms with Crippen molar-refractivity contribution in [2.24, 2.45) is 0 Å². The minimum Gasteiger partial charge on any atom is -0.467 e. The molecular formula is C18H19ClF3N3O2. The van der Waals surface area contributed by atoms with E-state index in [0.717, 1.165) is 37.0 Å². The van der Waals surface area contributed by atoms with Gasteiger partial charge in [-0.05, 0) is 37.0 Å². The van der Waals surface area contributed by atoms with Crippen LogP contribution in [0.25, 0.3) is 0 Å². The smallest absolute Gasteiger partial charge is 0.416 e. The van der Waals surface area contributed by atoms with E-state index in [9.17, 15) is 13.2 Å². The normalized spacial score (nSPS) is 20.3. The summed E-state index contributed by atoms with van der Waals surface area (Å²) in [7, 11) is 1.45. The summed E-state index contributed by atoms with van der Waals surface area (Å²) in [6.45, 7) is 0.494. The molecule has 3 rings (SSSR count). The Morgan fingerprint density at radius 3 is 2.63 bits per heavy atom. The Morgan fingerprint density at radius 1 is 1.22 bits per heavy atom. The van der Waals surface area contributed by atoms with Crippen LogP contribution in [-0.2, 0) is 10.9 Å². The second-order valence-corrected chi connectivity index (χ2v) is 6.63. The van der Waals surface area contributed by atoms with E-state index < -0.39 is 11.7 Å². The first-order valence-corrected chi connectivity index (χ1v) is 8.88. The Balaban J connectivity index is 1.60. The van der Waals surface area contributed by atoms with Gasteiger partial charge in [0.15, 0.2) is 0 Å². The number of benzene rings is 1. The number of hydrogen-bond donors (Lipinski definition) is 1. The van der Waals surface area contributed by atoms with Crippen molar-refractivity contribution in [2.75, 3.05) is 19.0 Å². The summed E-state index contributed by atoms with van der Waals surface area (Å²) in [5, 5.41) is 3.40. The van der Waals surface area contributed by atoms with Gasteiger partial charge in [0.1, 0.15) is 11.0 Å². The highest BCUT2D eigenvalue weighted by molar-refractivity contribution is 6.29. The third kappa shape index (κ3) is 5.23. The number of nitrogens with zero attached hydrogens (tertiary/aromatic N) is 2. The molecule has 0 spiro atoms. The van der Waals surface area contributed by atoms with Crippen molar-refractivity contribution in [2.45, 2.75) is 37.6 Å². The summed E-state index contributed by atoms with van der Waals surface area (Å²) in [5.41, 5.74) is 0.0920. The molecule has 0 aliphatic carbocycles. The van der Waals surface area contributed by atoms with Crippen molar-refractivity contribution >= 4 is 17.4 Å². The Hall–Kier alpha value is -2.06. The van der Waals surface area contributed by atoms with Gasteiger partial charge in [-0.1, -0.05) is 23.7 Å². The second-order valence-electron chi connectivity index (χ2n) is 6.24. The maximum atomic E-state index is 12.7. The number of aromatic nitrogens is 2. The van der Waals surface area contributed by atoms with Gasteiger partial charge in [-0.15, -0.1) is 0 Å². The van der Waals surface area contributed by atoms with E-state index in [-0.39, 0.29) is 23.4 Å². The lowest BCUT2D eigenvalue weighted by Gasteiger charge is -2.30. The van der Waals surface area contributed by atoms with Gasteiger partial charge in [0, 0.05) is 12.6 Å². The molecule has 27 heavy (non-hydrogen) atoms. The first kappa shape index (κ1) is 19.7. The van der Waals surface area contributed by atoms with E-state index in [0.29, 0.717) is 12.4 Å². The van der Waals surface area contributed by atoms with Crippen LogP contribution in [0.3, 0.4) is 0 Å². The SMILES string of the molecule is COc1nc(Cl)cc(NCC2CCCC(c3ccc(C(F)(F)F)cc3)O2)n1. The molecule has 0 saturated carbocycles. The van der Waals surface area contributed by atoms with Gasteiger partial charge in [-0.25, -0.2) is 0 Å². The monoisotopic (exact) mass is 401 g/mol. The first-order chi connectivity index (χ1) is 12.8. The molecule has 1 aliphatic rings. The topological polar surface area (TPSA) is 56.3 Å². The number of methoxy groups -OCH3 is 1. The molecule has 0 radical (unpaired) electrons. The van der Waals surface area contributed by atoms with Crippen LogP contribution >= 0.6 is 11.6 Å². The molecule has 5 nitrogen and oxygen atoms in total. The first-order valence-electron chi connectivity index (χ1n) is 8.50. The highest BCUT2D eigenvalue weighted by Crippen LogP contribution is 2.34. The summed E-state index contributed by atoms with van der Waals surface area (Å²) < 4.78 is 49.1. The van der Waals surface area contributed by atoms with Gasteiger partial charge < -0.3 is 14.8 Å². The number of rotatable bonds is 5. The number of alkyl halides is 3. The van der Waals surface area contributed by atoms with Gasteiger partial charge in [0.05, 0.1) is 24.9 Å². The summed E-state index contributed by atoms with van der Waals surface area (Å²) in [4.78, 5) is 8.06. The van der Waals surface area contributed by atoms with Gasteiger partial charge >= 0.3 is 12.2 Å². The molecule has 2 aromatic rings. The van der Waals surface area contributed by atoms with Crippen LogP contribution < -0.4 is 10.1 Å². The van der Waals surface area contributed by atoms with Gasteiger partial charge in [-0.3, -0.25) is 0 Å². The molecule has 2 atom stereocenters. The molecular weight excluding hydrogens is 383 g/mol. The molecule has 1 aromatic heterocycles. The number of nitrogens with one attached hydrogen (secondary N) is 1. The molecule has 1 aliphatic heterocycles. The standard InChI is InChI=1S/C18H19ClF3N3O2/c1-26-17-24-15(19)9-16(25-17)23-10-13-3-2-4-14(27-13)11-5-7-12(8-6-11)18(20,21)22/h5-9,13-14H,2-4,10H2,1H3,(H,23,24,25). The van der Waals surface area contributed by atoms with E-state index in [1.165, 1.54) is 19.2 Å². The molecule has 1 aromatic carbocycles. The predicted octanol–water partition coefficient (Wildman–Crippen LogP) is 4.88. The zero-order valence-electron chi connectivity index (χ0n) is 14.6. The molecule has 1 fully saturated rings. The molecule has 146 valence electrons. The Labute approximate surface area is 159 Å². The fourth-order valence-corrected chi connectivity index (χ4v) is 3.15. The number of ether oxygens (including phenoxy) is 2. The Bertz CT molecular complexity index is 771. The zero-order valence-corrected chi connectivity index (χ0v) is 15.3. The lowest BCUT2D eigenvalue weighted by molar-refractivity contribution is -0.137. The van der Waals surface area contributed by atoms with Crippen molar-refractivity contribution in [1.82, 2.24) is 9.97 Å². The zero-order chi connectivity index (χ0) is 19.4. The minimum atomic E-state index is -4.34. The summed E-state index contributed by atoms with van der Waals surface area (Å²) in [6.07, 6.45) is -2.11. The molecule has 2 unspecified atom stereocenters. The van der Waals surface area contributed by atoms with Crippen LogP contribution in [0.1, 0.15) is 36.5 Å². The maximum absolute atomic E-state index is 12.7. The predicted molar refractivity (Wildman–Crippen MR) is 95.0 cm³/mol. The molecule has 9 heteroatoms. The van der Waals surface area contributed by atoms with Crippen molar-refractivity contribution < 1.29 is 22.6 Å². The van der Waals surface area contributed by atoms with Crippen LogP contribution in [0.5, 0.6) is 6.01 Å². The average Bonchev–Trinajstić information content (AvgIpc) is 2.65. The highest BCUT2D eigenvalue weighted by Gasteiger charge is 2.31. The Kier molecular flexibility index (Phi) is 6.06. The molecule has 1 N–H and O–H groups in total. The Morgan fingerprint density at radius 2 is 1.96 bits per heavy atom. The lowest BCUT2D eigenvalue weighted by atomic mass is 9.97. The minimum absolute atomic E-state index is 0.0919. The molecule has 0 bridgehead atoms. The second kappa shape index (κ2) is 8.31. The number of hydrogen-bond acceptors (Lipinski definition) is 5. The van der Waals surface area contributed by atoms with Crippen LogP contribution in [0, 0.1) is 0 Å². The fourth-order valence-electron chi connectivity index (χ4n) is 2.98. The van der Waals surface area contributed by atoms with Crippen molar-refractivity contribution in [1.29, 1.82) is 0 Å². The molecule has 2 heterocycles. The largest absolute Gasteiger partial charge is 0.467 e. The number of halogens is 4. The molecule has 1 saturated heterocycles. The van der Waals surface area contributed by atoms with Crippen molar-refractivity contribution in [3.8, 4) is 6.01 Å². The summed E-state index contributed by atoms with van der Waals surface area (Å²) in [5.74, 6) is 0.520. The van der Waals surface area contributed by atoms with Crippen molar-refractivity contribution in [3.63, 3.8) is 0 Å². The van der Waals surface area contributed by atoms with E-state index >= 15 is 0 Å². The number of anilines is 1. The quantitative estimate of drug-likeness (QED) is 0.724. The van der Waals surface area contributed by atoms with Crippen molar-refractivity contribution in [3.05, 3.63) is 46.6 Å². The van der Waals surface area contributed by atoms with Crippen LogP contribution in [0.15, 0.2) is 30.3 Å². The summed E-state index contributed by atoms with van der Waals surface area (Å²) >= 11 is 5.92.